The Kier molecular flexibility index (Phi) is 5.25. The lowest BCUT2D eigenvalue weighted by Crippen LogP contribution is -2.41. The SMILES string of the molecule is CCn1ccnc(N(C)C[C@@H]2C[C@H](F)CN2Cc2nccs2)c1=O. The zero-order valence-electron chi connectivity index (χ0n) is 13.9. The molecule has 1 saturated heterocycles. The molecular formula is C16H22FN5OS. The van der Waals surface area contributed by atoms with E-state index in [0.717, 1.165) is 5.01 Å². The number of aryl methyl sites for hydroxylation is 1. The first kappa shape index (κ1) is 17.0. The number of likely N-dealkylation sites (tertiary alicyclic amines) is 1. The Morgan fingerprint density at radius 2 is 2.25 bits per heavy atom. The molecule has 0 radical (unpaired) electrons. The first-order valence-corrected chi connectivity index (χ1v) is 8.99. The number of aromatic nitrogens is 3. The highest BCUT2D eigenvalue weighted by Crippen LogP contribution is 2.24. The first-order valence-electron chi connectivity index (χ1n) is 8.11. The third kappa shape index (κ3) is 3.64. The lowest BCUT2D eigenvalue weighted by molar-refractivity contribution is 0.237. The second-order valence-corrected chi connectivity index (χ2v) is 7.04. The van der Waals surface area contributed by atoms with E-state index in [1.807, 2.05) is 24.3 Å². The smallest absolute Gasteiger partial charge is 0.293 e. The predicted octanol–water partition coefficient (Wildman–Crippen LogP) is 1.77. The lowest BCUT2D eigenvalue weighted by atomic mass is 10.2. The van der Waals surface area contributed by atoms with Crippen molar-refractivity contribution in [3.8, 4) is 0 Å². The molecule has 6 nitrogen and oxygen atoms in total. The Hall–Kier alpha value is -1.80. The van der Waals surface area contributed by atoms with Crippen LogP contribution in [0.5, 0.6) is 0 Å². The van der Waals surface area contributed by atoms with Gasteiger partial charge in [-0.2, -0.15) is 0 Å². The van der Waals surface area contributed by atoms with Gasteiger partial charge in [-0.25, -0.2) is 14.4 Å². The largest absolute Gasteiger partial charge is 0.354 e. The van der Waals surface area contributed by atoms with Crippen LogP contribution in [0.25, 0.3) is 0 Å². The highest BCUT2D eigenvalue weighted by atomic mass is 32.1. The molecule has 1 fully saturated rings. The molecule has 8 heteroatoms. The van der Waals surface area contributed by atoms with Gasteiger partial charge in [0, 0.05) is 56.7 Å². The zero-order chi connectivity index (χ0) is 17.1. The number of halogens is 1. The third-order valence-electron chi connectivity index (χ3n) is 4.38. The number of thiazole rings is 1. The first-order chi connectivity index (χ1) is 11.6. The molecule has 0 spiro atoms. The molecule has 1 aliphatic heterocycles. The fraction of sp³-hybridized carbons (Fsp3) is 0.562. The van der Waals surface area contributed by atoms with E-state index in [2.05, 4.69) is 14.9 Å². The van der Waals surface area contributed by atoms with Gasteiger partial charge in [-0.1, -0.05) is 0 Å². The number of nitrogens with zero attached hydrogens (tertiary/aromatic N) is 5. The molecule has 0 saturated carbocycles. The Labute approximate surface area is 144 Å². The van der Waals surface area contributed by atoms with Gasteiger partial charge >= 0.3 is 0 Å². The fourth-order valence-electron chi connectivity index (χ4n) is 3.16. The van der Waals surface area contributed by atoms with Crippen molar-refractivity contribution in [3.63, 3.8) is 0 Å². The molecule has 0 bridgehead atoms. The summed E-state index contributed by atoms with van der Waals surface area (Å²) in [4.78, 5) is 24.8. The Bertz CT molecular complexity index is 720. The quantitative estimate of drug-likeness (QED) is 0.794. The molecule has 3 heterocycles. The van der Waals surface area contributed by atoms with Crippen LogP contribution in [-0.2, 0) is 13.1 Å². The molecule has 0 amide bonds. The van der Waals surface area contributed by atoms with Crippen LogP contribution in [0.1, 0.15) is 18.4 Å². The van der Waals surface area contributed by atoms with Crippen LogP contribution in [0.4, 0.5) is 10.2 Å². The highest BCUT2D eigenvalue weighted by Gasteiger charge is 2.33. The molecule has 0 unspecified atom stereocenters. The number of rotatable bonds is 6. The van der Waals surface area contributed by atoms with Crippen LogP contribution in [0.2, 0.25) is 0 Å². The van der Waals surface area contributed by atoms with Gasteiger partial charge in [-0.05, 0) is 13.3 Å². The van der Waals surface area contributed by atoms with Gasteiger partial charge in [0.25, 0.3) is 5.56 Å². The Morgan fingerprint density at radius 1 is 1.42 bits per heavy atom. The number of hydrogen-bond acceptors (Lipinski definition) is 6. The molecule has 0 aromatic carbocycles. The van der Waals surface area contributed by atoms with E-state index in [9.17, 15) is 9.18 Å². The summed E-state index contributed by atoms with van der Waals surface area (Å²) >= 11 is 1.58. The van der Waals surface area contributed by atoms with Crippen molar-refractivity contribution in [1.82, 2.24) is 19.4 Å². The summed E-state index contributed by atoms with van der Waals surface area (Å²) in [5, 5.41) is 2.92. The van der Waals surface area contributed by atoms with E-state index < -0.39 is 6.17 Å². The third-order valence-corrected chi connectivity index (χ3v) is 5.15. The Balaban J connectivity index is 1.72. The Morgan fingerprint density at radius 3 is 2.96 bits per heavy atom. The minimum Gasteiger partial charge on any atom is -0.354 e. The summed E-state index contributed by atoms with van der Waals surface area (Å²) in [6.07, 6.45) is 4.73. The summed E-state index contributed by atoms with van der Waals surface area (Å²) < 4.78 is 15.6. The number of hydrogen-bond donors (Lipinski definition) is 0. The molecule has 1 aliphatic rings. The second kappa shape index (κ2) is 7.40. The number of alkyl halides is 1. The number of anilines is 1. The average molecular weight is 351 g/mol. The second-order valence-electron chi connectivity index (χ2n) is 6.06. The van der Waals surface area contributed by atoms with E-state index in [4.69, 9.17) is 0 Å². The maximum Gasteiger partial charge on any atom is 0.293 e. The maximum absolute atomic E-state index is 13.9. The molecule has 2 aromatic heterocycles. The van der Waals surface area contributed by atoms with Gasteiger partial charge in [0.2, 0.25) is 0 Å². The highest BCUT2D eigenvalue weighted by molar-refractivity contribution is 7.09. The normalized spacial score (nSPS) is 21.3. The van der Waals surface area contributed by atoms with Crippen molar-refractivity contribution in [1.29, 1.82) is 0 Å². The molecular weight excluding hydrogens is 329 g/mol. The zero-order valence-corrected chi connectivity index (χ0v) is 14.7. The summed E-state index contributed by atoms with van der Waals surface area (Å²) in [5.41, 5.74) is -0.108. The van der Waals surface area contributed by atoms with E-state index in [0.29, 0.717) is 38.4 Å². The topological polar surface area (TPSA) is 54.3 Å². The van der Waals surface area contributed by atoms with Crippen molar-refractivity contribution in [2.24, 2.45) is 0 Å². The average Bonchev–Trinajstić information content (AvgIpc) is 3.18. The van der Waals surface area contributed by atoms with Crippen LogP contribution in [0, 0.1) is 0 Å². The van der Waals surface area contributed by atoms with Gasteiger partial charge in [-0.3, -0.25) is 9.69 Å². The predicted molar refractivity (Wildman–Crippen MR) is 93.3 cm³/mol. The van der Waals surface area contributed by atoms with Gasteiger partial charge in [-0.15, -0.1) is 11.3 Å². The van der Waals surface area contributed by atoms with Crippen LogP contribution in [-0.4, -0.2) is 51.8 Å². The molecule has 2 atom stereocenters. The van der Waals surface area contributed by atoms with E-state index in [1.165, 1.54) is 0 Å². The van der Waals surface area contributed by atoms with Crippen molar-refractivity contribution in [2.45, 2.75) is 38.6 Å². The summed E-state index contributed by atoms with van der Waals surface area (Å²) in [6.45, 7) is 4.17. The summed E-state index contributed by atoms with van der Waals surface area (Å²) in [7, 11) is 1.84. The van der Waals surface area contributed by atoms with Gasteiger partial charge < -0.3 is 9.47 Å². The summed E-state index contributed by atoms with van der Waals surface area (Å²) in [6, 6.07) is 0.0467. The maximum atomic E-state index is 13.9. The molecule has 0 aliphatic carbocycles. The minimum atomic E-state index is -0.834. The van der Waals surface area contributed by atoms with Crippen molar-refractivity contribution in [3.05, 3.63) is 39.3 Å². The van der Waals surface area contributed by atoms with Crippen molar-refractivity contribution < 1.29 is 4.39 Å². The van der Waals surface area contributed by atoms with E-state index in [-0.39, 0.29) is 11.6 Å². The minimum absolute atomic E-state index is 0.0467. The van der Waals surface area contributed by atoms with Gasteiger partial charge in [0.1, 0.15) is 11.2 Å². The van der Waals surface area contributed by atoms with Gasteiger partial charge in [0.05, 0.1) is 6.54 Å². The van der Waals surface area contributed by atoms with Crippen LogP contribution in [0.15, 0.2) is 28.8 Å². The molecule has 0 N–H and O–H groups in total. The van der Waals surface area contributed by atoms with Crippen LogP contribution in [0.3, 0.4) is 0 Å². The monoisotopic (exact) mass is 351 g/mol. The van der Waals surface area contributed by atoms with Crippen molar-refractivity contribution >= 4 is 17.2 Å². The van der Waals surface area contributed by atoms with Crippen LogP contribution < -0.4 is 10.5 Å². The molecule has 130 valence electrons. The molecule has 2 aromatic rings. The van der Waals surface area contributed by atoms with E-state index in [1.54, 1.807) is 34.5 Å². The van der Waals surface area contributed by atoms with E-state index >= 15 is 0 Å². The molecule has 3 rings (SSSR count). The van der Waals surface area contributed by atoms with Crippen LogP contribution >= 0.6 is 11.3 Å². The fourth-order valence-corrected chi connectivity index (χ4v) is 3.80. The summed E-state index contributed by atoms with van der Waals surface area (Å²) in [5.74, 6) is 0.413. The number of likely N-dealkylation sites (N-methyl/N-ethyl adjacent to an activating group) is 1. The van der Waals surface area contributed by atoms with Crippen molar-refractivity contribution in [2.75, 3.05) is 25.0 Å². The molecule has 24 heavy (non-hydrogen) atoms. The standard InChI is InChI=1S/C16H22FN5OS/c1-3-21-6-4-19-15(16(21)23)20(2)10-13-8-12(17)9-22(13)11-14-18-5-7-24-14/h4-7,12-13H,3,8-11H2,1-2H3/t12-,13-/m0/s1. The lowest BCUT2D eigenvalue weighted by Gasteiger charge is -2.28. The van der Waals surface area contributed by atoms with Gasteiger partial charge in [0.15, 0.2) is 5.82 Å².